The van der Waals surface area contributed by atoms with Crippen molar-refractivity contribution in [1.29, 1.82) is 0 Å². The van der Waals surface area contributed by atoms with E-state index in [-0.39, 0.29) is 5.91 Å². The van der Waals surface area contributed by atoms with Crippen LogP contribution in [0.15, 0.2) is 76.4 Å². The first-order valence-electron chi connectivity index (χ1n) is 8.85. The Bertz CT molecular complexity index is 1180. The van der Waals surface area contributed by atoms with Crippen molar-refractivity contribution in [3.8, 4) is 5.75 Å². The number of carbonyl (C=O) groups is 1. The molecule has 0 saturated heterocycles. The molecule has 1 atom stereocenters. The maximum atomic E-state index is 12.3. The highest BCUT2D eigenvalue weighted by Crippen LogP contribution is 2.22. The zero-order valence-electron chi connectivity index (χ0n) is 15.1. The van der Waals surface area contributed by atoms with E-state index in [2.05, 4.69) is 31.4 Å². The lowest BCUT2D eigenvalue weighted by molar-refractivity contribution is -0.127. The Labute approximate surface area is 170 Å². The highest BCUT2D eigenvalue weighted by atomic mass is 79.9. The Morgan fingerprint density at radius 1 is 1.14 bits per heavy atom. The van der Waals surface area contributed by atoms with Crippen LogP contribution in [-0.2, 0) is 4.79 Å². The molecule has 0 aliphatic heterocycles. The van der Waals surface area contributed by atoms with Gasteiger partial charge in [-0.3, -0.25) is 4.79 Å². The molecule has 0 radical (unpaired) electrons. The first kappa shape index (κ1) is 18.3. The zero-order valence-corrected chi connectivity index (χ0v) is 16.7. The Balaban J connectivity index is 1.40. The van der Waals surface area contributed by atoms with Crippen molar-refractivity contribution < 1.29 is 9.53 Å². The zero-order chi connectivity index (χ0) is 19.5. The van der Waals surface area contributed by atoms with Gasteiger partial charge in [0, 0.05) is 27.1 Å². The molecule has 0 unspecified atom stereocenters. The summed E-state index contributed by atoms with van der Waals surface area (Å²) in [6, 6.07) is 19.7. The van der Waals surface area contributed by atoms with E-state index in [4.69, 9.17) is 4.74 Å². The standard InChI is InChI=1S/C22H18BrN3O2/c1-14(28-19-8-6-15-4-2-3-5-16(15)10-19)22(27)26-25-13-17-12-24-21-9-7-18(23)11-20(17)21/h2-14,24H,1H3,(H,26,27)/b25-13-/t14-/m0/s1. The second-order valence-electron chi connectivity index (χ2n) is 6.44. The predicted octanol–water partition coefficient (Wildman–Crippen LogP) is 5.00. The number of rotatable bonds is 5. The van der Waals surface area contributed by atoms with Crippen molar-refractivity contribution in [2.75, 3.05) is 0 Å². The lowest BCUT2D eigenvalue weighted by Gasteiger charge is -2.13. The van der Waals surface area contributed by atoms with E-state index in [1.807, 2.05) is 66.9 Å². The molecule has 0 aliphatic carbocycles. The summed E-state index contributed by atoms with van der Waals surface area (Å²) in [7, 11) is 0. The van der Waals surface area contributed by atoms with Crippen LogP contribution in [0.1, 0.15) is 12.5 Å². The minimum absolute atomic E-state index is 0.314. The maximum absolute atomic E-state index is 12.3. The van der Waals surface area contributed by atoms with Gasteiger partial charge in [-0.2, -0.15) is 5.10 Å². The third-order valence-corrected chi connectivity index (χ3v) is 4.95. The number of hydrogen-bond donors (Lipinski definition) is 2. The van der Waals surface area contributed by atoms with Crippen LogP contribution in [0.3, 0.4) is 0 Å². The quantitative estimate of drug-likeness (QED) is 0.342. The van der Waals surface area contributed by atoms with Crippen molar-refractivity contribution >= 4 is 49.7 Å². The number of nitrogens with one attached hydrogen (secondary N) is 2. The van der Waals surface area contributed by atoms with E-state index in [9.17, 15) is 4.79 Å². The summed E-state index contributed by atoms with van der Waals surface area (Å²) in [4.78, 5) is 15.5. The summed E-state index contributed by atoms with van der Waals surface area (Å²) in [6.07, 6.45) is 2.80. The van der Waals surface area contributed by atoms with Crippen molar-refractivity contribution in [1.82, 2.24) is 10.4 Å². The summed E-state index contributed by atoms with van der Waals surface area (Å²) < 4.78 is 6.74. The molecule has 28 heavy (non-hydrogen) atoms. The summed E-state index contributed by atoms with van der Waals surface area (Å²) in [6.45, 7) is 1.70. The van der Waals surface area contributed by atoms with Crippen LogP contribution < -0.4 is 10.2 Å². The van der Waals surface area contributed by atoms with Crippen molar-refractivity contribution in [3.63, 3.8) is 0 Å². The van der Waals surface area contributed by atoms with Crippen LogP contribution in [0, 0.1) is 0 Å². The first-order chi connectivity index (χ1) is 13.6. The molecule has 0 saturated carbocycles. The average molecular weight is 436 g/mol. The molecule has 2 N–H and O–H groups in total. The molecular weight excluding hydrogens is 418 g/mol. The number of benzene rings is 3. The van der Waals surface area contributed by atoms with Gasteiger partial charge in [-0.15, -0.1) is 0 Å². The molecule has 4 rings (SSSR count). The van der Waals surface area contributed by atoms with Gasteiger partial charge in [-0.1, -0.05) is 46.3 Å². The van der Waals surface area contributed by atoms with Gasteiger partial charge in [0.1, 0.15) is 5.75 Å². The first-order valence-corrected chi connectivity index (χ1v) is 9.64. The van der Waals surface area contributed by atoms with E-state index in [1.165, 1.54) is 0 Å². The Kier molecular flexibility index (Phi) is 5.12. The maximum Gasteiger partial charge on any atom is 0.280 e. The number of halogens is 1. The number of amides is 1. The summed E-state index contributed by atoms with van der Waals surface area (Å²) >= 11 is 3.46. The number of ether oxygens (including phenoxy) is 1. The topological polar surface area (TPSA) is 66.5 Å². The molecular formula is C22H18BrN3O2. The number of fused-ring (bicyclic) bond motifs is 2. The fraction of sp³-hybridized carbons (Fsp3) is 0.0909. The molecule has 0 bridgehead atoms. The van der Waals surface area contributed by atoms with Gasteiger partial charge in [0.15, 0.2) is 6.10 Å². The van der Waals surface area contributed by atoms with E-state index < -0.39 is 6.10 Å². The van der Waals surface area contributed by atoms with E-state index in [0.717, 1.165) is 31.7 Å². The molecule has 5 nitrogen and oxygen atoms in total. The predicted molar refractivity (Wildman–Crippen MR) is 116 cm³/mol. The molecule has 1 heterocycles. The minimum atomic E-state index is -0.671. The fourth-order valence-corrected chi connectivity index (χ4v) is 3.34. The summed E-state index contributed by atoms with van der Waals surface area (Å²) in [5.74, 6) is 0.331. The number of aromatic amines is 1. The number of carbonyl (C=O) groups excluding carboxylic acids is 1. The number of H-pyrrole nitrogens is 1. The Hall–Kier alpha value is -3.12. The van der Waals surface area contributed by atoms with Crippen LogP contribution in [0.25, 0.3) is 21.7 Å². The number of hydrazone groups is 1. The number of aromatic nitrogens is 1. The molecule has 0 fully saturated rings. The van der Waals surface area contributed by atoms with Gasteiger partial charge in [0.25, 0.3) is 5.91 Å². The van der Waals surface area contributed by atoms with Crippen LogP contribution in [0.4, 0.5) is 0 Å². The van der Waals surface area contributed by atoms with Gasteiger partial charge >= 0.3 is 0 Å². The smallest absolute Gasteiger partial charge is 0.280 e. The van der Waals surface area contributed by atoms with Crippen LogP contribution in [0.2, 0.25) is 0 Å². The number of hydrogen-bond acceptors (Lipinski definition) is 3. The lowest BCUT2D eigenvalue weighted by atomic mass is 10.1. The summed E-state index contributed by atoms with van der Waals surface area (Å²) in [5.41, 5.74) is 4.43. The molecule has 0 spiro atoms. The molecule has 0 aliphatic rings. The third-order valence-electron chi connectivity index (χ3n) is 4.46. The van der Waals surface area contributed by atoms with Crippen molar-refractivity contribution in [2.24, 2.45) is 5.10 Å². The van der Waals surface area contributed by atoms with Crippen molar-refractivity contribution in [2.45, 2.75) is 13.0 Å². The van der Waals surface area contributed by atoms with Gasteiger partial charge < -0.3 is 9.72 Å². The molecule has 140 valence electrons. The van der Waals surface area contributed by atoms with E-state index in [0.29, 0.717) is 5.75 Å². The van der Waals surface area contributed by atoms with Crippen LogP contribution in [-0.4, -0.2) is 23.2 Å². The largest absolute Gasteiger partial charge is 0.481 e. The van der Waals surface area contributed by atoms with Gasteiger partial charge in [-0.25, -0.2) is 5.43 Å². The second kappa shape index (κ2) is 7.86. The third kappa shape index (κ3) is 3.92. The van der Waals surface area contributed by atoms with Crippen molar-refractivity contribution in [3.05, 3.63) is 76.9 Å². The summed E-state index contributed by atoms with van der Waals surface area (Å²) in [5, 5.41) is 7.28. The van der Waals surface area contributed by atoms with Crippen LogP contribution in [0.5, 0.6) is 5.75 Å². The lowest BCUT2D eigenvalue weighted by Crippen LogP contribution is -2.33. The number of nitrogens with zero attached hydrogens (tertiary/aromatic N) is 1. The molecule has 6 heteroatoms. The Morgan fingerprint density at radius 2 is 1.96 bits per heavy atom. The molecule has 1 amide bonds. The van der Waals surface area contributed by atoms with Gasteiger partial charge in [-0.05, 0) is 48.0 Å². The van der Waals surface area contributed by atoms with Gasteiger partial charge in [0.05, 0.1) is 6.21 Å². The molecule has 4 aromatic rings. The SMILES string of the molecule is C[C@H](Oc1ccc2ccccc2c1)C(=O)N/N=C\c1c[nH]c2ccc(Br)cc12. The van der Waals surface area contributed by atoms with Gasteiger partial charge in [0.2, 0.25) is 0 Å². The van der Waals surface area contributed by atoms with E-state index >= 15 is 0 Å². The highest BCUT2D eigenvalue weighted by Gasteiger charge is 2.14. The average Bonchev–Trinajstić information content (AvgIpc) is 3.10. The molecule has 3 aromatic carbocycles. The second-order valence-corrected chi connectivity index (χ2v) is 7.35. The minimum Gasteiger partial charge on any atom is -0.481 e. The normalized spacial score (nSPS) is 12.5. The monoisotopic (exact) mass is 435 g/mol. The molecule has 1 aromatic heterocycles. The fourth-order valence-electron chi connectivity index (χ4n) is 2.98. The Morgan fingerprint density at radius 3 is 2.82 bits per heavy atom. The van der Waals surface area contributed by atoms with E-state index in [1.54, 1.807) is 13.1 Å². The van der Waals surface area contributed by atoms with Crippen LogP contribution >= 0.6 is 15.9 Å². The highest BCUT2D eigenvalue weighted by molar-refractivity contribution is 9.10.